The second kappa shape index (κ2) is 5.51. The number of hydrogen-bond donors (Lipinski definition) is 0. The Bertz CT molecular complexity index is 124. The van der Waals surface area contributed by atoms with Crippen molar-refractivity contribution in [3.05, 3.63) is 0 Å². The van der Waals surface area contributed by atoms with Crippen molar-refractivity contribution >= 4 is 27.7 Å². The van der Waals surface area contributed by atoms with Crippen molar-refractivity contribution in [2.45, 2.75) is 31.3 Å². The van der Waals surface area contributed by atoms with E-state index >= 15 is 0 Å². The van der Waals surface area contributed by atoms with E-state index in [1.165, 1.54) is 31.4 Å². The fourth-order valence-electron chi connectivity index (χ4n) is 1.57. The molecule has 1 saturated heterocycles. The summed E-state index contributed by atoms with van der Waals surface area (Å²) < 4.78 is 5.86. The average molecular weight is 253 g/mol. The molecular weight excluding hydrogens is 236 g/mol. The summed E-state index contributed by atoms with van der Waals surface area (Å²) in [5.41, 5.74) is 0.168. The first-order valence-electron chi connectivity index (χ1n) is 4.52. The second-order valence-electron chi connectivity index (χ2n) is 3.37. The minimum Gasteiger partial charge on any atom is -0.374 e. The van der Waals surface area contributed by atoms with E-state index in [2.05, 4.69) is 22.2 Å². The summed E-state index contributed by atoms with van der Waals surface area (Å²) in [5, 5.41) is 1.00. The summed E-state index contributed by atoms with van der Waals surface area (Å²) in [7, 11) is 0. The largest absolute Gasteiger partial charge is 0.374 e. The lowest BCUT2D eigenvalue weighted by Crippen LogP contribution is -2.38. The van der Waals surface area contributed by atoms with Crippen LogP contribution in [0.5, 0.6) is 0 Å². The summed E-state index contributed by atoms with van der Waals surface area (Å²) in [6, 6.07) is 0. The molecule has 1 aliphatic heterocycles. The summed E-state index contributed by atoms with van der Waals surface area (Å²) >= 11 is 5.47. The van der Waals surface area contributed by atoms with Gasteiger partial charge in [-0.25, -0.2) is 0 Å². The molecule has 1 rings (SSSR count). The summed E-state index contributed by atoms with van der Waals surface area (Å²) in [5.74, 6) is 1.21. The number of hydrogen-bond acceptors (Lipinski definition) is 2. The third-order valence-electron chi connectivity index (χ3n) is 2.44. The molecule has 3 heteroatoms. The molecule has 1 aliphatic rings. The van der Waals surface area contributed by atoms with Gasteiger partial charge in [-0.05, 0) is 37.7 Å². The molecule has 0 spiro atoms. The highest BCUT2D eigenvalue weighted by atomic mass is 79.9. The highest BCUT2D eigenvalue weighted by molar-refractivity contribution is 9.09. The van der Waals surface area contributed by atoms with Gasteiger partial charge >= 0.3 is 0 Å². The summed E-state index contributed by atoms with van der Waals surface area (Å²) in [6.07, 6.45) is 7.16. The SMILES string of the molecule is CSCCC1(CBr)CCCCO1. The Morgan fingerprint density at radius 3 is 2.83 bits per heavy atom. The lowest BCUT2D eigenvalue weighted by Gasteiger charge is -2.35. The molecule has 0 aliphatic carbocycles. The zero-order valence-corrected chi connectivity index (χ0v) is 10.0. The summed E-state index contributed by atoms with van der Waals surface area (Å²) in [6.45, 7) is 0.958. The van der Waals surface area contributed by atoms with Crippen LogP contribution in [0.1, 0.15) is 25.7 Å². The van der Waals surface area contributed by atoms with Gasteiger partial charge in [0.15, 0.2) is 0 Å². The van der Waals surface area contributed by atoms with Gasteiger partial charge in [0, 0.05) is 11.9 Å². The van der Waals surface area contributed by atoms with Gasteiger partial charge in [-0.15, -0.1) is 0 Å². The van der Waals surface area contributed by atoms with Gasteiger partial charge in [0.05, 0.1) is 5.60 Å². The number of halogens is 1. The Morgan fingerprint density at radius 1 is 1.50 bits per heavy atom. The predicted octanol–water partition coefficient (Wildman–Crippen LogP) is 3.07. The van der Waals surface area contributed by atoms with Crippen LogP contribution in [0.4, 0.5) is 0 Å². The van der Waals surface area contributed by atoms with Crippen LogP contribution < -0.4 is 0 Å². The molecule has 0 amide bonds. The molecule has 1 fully saturated rings. The molecule has 12 heavy (non-hydrogen) atoms. The van der Waals surface area contributed by atoms with E-state index < -0.39 is 0 Å². The minimum atomic E-state index is 0.168. The molecule has 1 heterocycles. The Kier molecular flexibility index (Phi) is 4.99. The number of ether oxygens (including phenoxy) is 1. The number of thioether (sulfide) groups is 1. The fourth-order valence-corrected chi connectivity index (χ4v) is 2.87. The van der Waals surface area contributed by atoms with Crippen molar-refractivity contribution in [1.82, 2.24) is 0 Å². The van der Waals surface area contributed by atoms with E-state index in [9.17, 15) is 0 Å². The quantitative estimate of drug-likeness (QED) is 0.712. The van der Waals surface area contributed by atoms with Crippen LogP contribution in [0.2, 0.25) is 0 Å². The van der Waals surface area contributed by atoms with Gasteiger partial charge in [-0.3, -0.25) is 0 Å². The van der Waals surface area contributed by atoms with Crippen LogP contribution in [0.15, 0.2) is 0 Å². The second-order valence-corrected chi connectivity index (χ2v) is 4.91. The van der Waals surface area contributed by atoms with Gasteiger partial charge in [-0.2, -0.15) is 11.8 Å². The third-order valence-corrected chi connectivity index (χ3v) is 4.07. The van der Waals surface area contributed by atoms with Gasteiger partial charge in [0.1, 0.15) is 0 Å². The Labute approximate surface area is 87.8 Å². The lowest BCUT2D eigenvalue weighted by atomic mass is 9.93. The van der Waals surface area contributed by atoms with Crippen molar-refractivity contribution in [1.29, 1.82) is 0 Å². The van der Waals surface area contributed by atoms with Crippen molar-refractivity contribution in [2.24, 2.45) is 0 Å². The van der Waals surface area contributed by atoms with E-state index in [-0.39, 0.29) is 5.60 Å². The maximum atomic E-state index is 5.86. The van der Waals surface area contributed by atoms with Crippen molar-refractivity contribution < 1.29 is 4.74 Å². The molecule has 0 aromatic carbocycles. The first kappa shape index (κ1) is 10.9. The average Bonchev–Trinajstić information content (AvgIpc) is 2.16. The Balaban J connectivity index is 2.37. The third kappa shape index (κ3) is 2.93. The maximum absolute atomic E-state index is 5.86. The van der Waals surface area contributed by atoms with Crippen LogP contribution in [0.25, 0.3) is 0 Å². The monoisotopic (exact) mass is 252 g/mol. The van der Waals surface area contributed by atoms with Crippen molar-refractivity contribution in [3.8, 4) is 0 Å². The van der Waals surface area contributed by atoms with Crippen molar-refractivity contribution in [2.75, 3.05) is 23.9 Å². The Hall–Kier alpha value is 0.790. The van der Waals surface area contributed by atoms with Gasteiger partial charge < -0.3 is 4.74 Å². The molecule has 0 radical (unpaired) electrons. The zero-order chi connectivity index (χ0) is 8.86. The van der Waals surface area contributed by atoms with E-state index in [1.54, 1.807) is 0 Å². The zero-order valence-electron chi connectivity index (χ0n) is 7.64. The van der Waals surface area contributed by atoms with Crippen LogP contribution in [0.3, 0.4) is 0 Å². The first-order chi connectivity index (χ1) is 5.83. The molecule has 1 atom stereocenters. The van der Waals surface area contributed by atoms with Crippen LogP contribution in [0, 0.1) is 0 Å². The van der Waals surface area contributed by atoms with Gasteiger partial charge in [-0.1, -0.05) is 15.9 Å². The standard InChI is InChI=1S/C9H17BrOS/c1-12-7-5-9(8-10)4-2-3-6-11-9/h2-8H2,1H3. The number of alkyl halides is 1. The van der Waals surface area contributed by atoms with Crippen molar-refractivity contribution in [3.63, 3.8) is 0 Å². The van der Waals surface area contributed by atoms with Gasteiger partial charge in [0.25, 0.3) is 0 Å². The highest BCUT2D eigenvalue weighted by Gasteiger charge is 2.31. The van der Waals surface area contributed by atoms with E-state index in [4.69, 9.17) is 4.74 Å². The first-order valence-corrected chi connectivity index (χ1v) is 7.03. The molecule has 0 bridgehead atoms. The molecule has 0 aromatic heterocycles. The summed E-state index contributed by atoms with van der Waals surface area (Å²) in [4.78, 5) is 0. The van der Waals surface area contributed by atoms with Gasteiger partial charge in [0.2, 0.25) is 0 Å². The van der Waals surface area contributed by atoms with Crippen LogP contribution in [-0.4, -0.2) is 29.5 Å². The van der Waals surface area contributed by atoms with E-state index in [0.717, 1.165) is 11.9 Å². The molecule has 0 aromatic rings. The molecule has 72 valence electrons. The smallest absolute Gasteiger partial charge is 0.0786 e. The normalized spacial score (nSPS) is 30.5. The molecule has 0 N–H and O–H groups in total. The Morgan fingerprint density at radius 2 is 2.33 bits per heavy atom. The maximum Gasteiger partial charge on any atom is 0.0786 e. The molecule has 1 nitrogen and oxygen atoms in total. The number of rotatable bonds is 4. The van der Waals surface area contributed by atoms with E-state index in [0.29, 0.717) is 0 Å². The van der Waals surface area contributed by atoms with Crippen LogP contribution in [-0.2, 0) is 4.74 Å². The molecular formula is C9H17BrOS. The van der Waals surface area contributed by atoms with E-state index in [1.807, 2.05) is 11.8 Å². The molecule has 0 saturated carbocycles. The fraction of sp³-hybridized carbons (Fsp3) is 1.00. The molecule has 1 unspecified atom stereocenters. The minimum absolute atomic E-state index is 0.168. The lowest BCUT2D eigenvalue weighted by molar-refractivity contribution is -0.0616. The highest BCUT2D eigenvalue weighted by Crippen LogP contribution is 2.30. The topological polar surface area (TPSA) is 9.23 Å². The predicted molar refractivity (Wildman–Crippen MR) is 59.3 cm³/mol. The van der Waals surface area contributed by atoms with Crippen LogP contribution >= 0.6 is 27.7 Å².